The van der Waals surface area contributed by atoms with Gasteiger partial charge in [-0.2, -0.15) is 0 Å². The maximum atomic E-state index is 9.60. The highest BCUT2D eigenvalue weighted by Crippen LogP contribution is 1.82. The number of hydrogen-bond acceptors (Lipinski definition) is 2. The van der Waals surface area contributed by atoms with Crippen LogP contribution in [0.4, 0.5) is 0 Å². The molecule has 0 saturated carbocycles. The van der Waals surface area contributed by atoms with Gasteiger partial charge in [-0.05, 0) is 6.42 Å². The lowest BCUT2D eigenvalue weighted by atomic mass is 10.4. The minimum Gasteiger partial charge on any atom is -0.481 e. The number of rotatable bonds is 2. The third-order valence-corrected chi connectivity index (χ3v) is 0.464. The van der Waals surface area contributed by atoms with Crippen LogP contribution in [0.15, 0.2) is 0 Å². The van der Waals surface area contributed by atoms with Crippen molar-refractivity contribution in [3.8, 4) is 0 Å². The van der Waals surface area contributed by atoms with Crippen LogP contribution in [0.25, 0.3) is 0 Å². The summed E-state index contributed by atoms with van der Waals surface area (Å²) in [5, 5.41) is 7.91. The van der Waals surface area contributed by atoms with Crippen LogP contribution in [0, 0.1) is 0 Å². The second kappa shape index (κ2) is 9.97. The Morgan fingerprint density at radius 1 is 1.75 bits per heavy atom. The molecule has 3 N–H and O–H groups in total. The molecule has 8 heavy (non-hydrogen) atoms. The zero-order valence-electron chi connectivity index (χ0n) is 4.92. The van der Waals surface area contributed by atoms with E-state index in [4.69, 9.17) is 5.11 Å². The predicted molar refractivity (Wildman–Crippen MR) is 36.4 cm³/mol. The molecule has 1 unspecified atom stereocenters. The molecule has 0 fully saturated rings. The number of carboxylic acids is 1. The fraction of sp³-hybridized carbons (Fsp3) is 0.750. The Morgan fingerprint density at radius 2 is 2.12 bits per heavy atom. The van der Waals surface area contributed by atoms with Gasteiger partial charge in [0.1, 0.15) is 0 Å². The van der Waals surface area contributed by atoms with Gasteiger partial charge in [0.25, 0.3) is 0 Å². The Labute approximate surface area is 51.5 Å². The zero-order chi connectivity index (χ0) is 6.99. The molecule has 0 heterocycles. The Hall–Kier alpha value is -0.140. The van der Waals surface area contributed by atoms with Gasteiger partial charge in [0.05, 0.1) is 0 Å². The van der Waals surface area contributed by atoms with Crippen LogP contribution < -0.4 is 5.50 Å². The Morgan fingerprint density at radius 3 is 2.12 bits per heavy atom. The Balaban J connectivity index is 0. The molecule has 0 aromatic heterocycles. The first kappa shape index (κ1) is 10.8. The van der Waals surface area contributed by atoms with Crippen LogP contribution in [0.3, 0.4) is 0 Å². The molecule has 0 aliphatic heterocycles. The van der Waals surface area contributed by atoms with E-state index in [2.05, 4.69) is 5.50 Å². The van der Waals surface area contributed by atoms with Crippen molar-refractivity contribution < 1.29 is 9.90 Å². The van der Waals surface area contributed by atoms with Crippen LogP contribution >= 0.6 is 9.39 Å². The van der Waals surface area contributed by atoms with E-state index >= 15 is 0 Å². The molecule has 3 nitrogen and oxygen atoms in total. The van der Waals surface area contributed by atoms with Crippen LogP contribution in [-0.4, -0.2) is 11.1 Å². The summed E-state index contributed by atoms with van der Waals surface area (Å²) in [6, 6.07) is 0. The smallest absolute Gasteiger partial charge is 0.303 e. The maximum absolute atomic E-state index is 9.60. The number of carbonyl (C=O) groups is 1. The first-order valence-electron chi connectivity index (χ1n) is 2.32. The molecule has 4 heteroatoms. The first-order chi connectivity index (χ1) is 3.77. The molecule has 0 spiro atoms. The van der Waals surface area contributed by atoms with E-state index in [1.807, 2.05) is 16.3 Å². The Kier molecular flexibility index (Phi) is 13.4. The van der Waals surface area contributed by atoms with E-state index in [0.29, 0.717) is 6.42 Å². The van der Waals surface area contributed by atoms with Crippen molar-refractivity contribution in [2.45, 2.75) is 19.8 Å². The van der Waals surface area contributed by atoms with Gasteiger partial charge in [0, 0.05) is 6.42 Å². The molecule has 50 valence electrons. The van der Waals surface area contributed by atoms with Gasteiger partial charge < -0.3 is 10.6 Å². The van der Waals surface area contributed by atoms with Gasteiger partial charge in [-0.3, -0.25) is 4.79 Å². The van der Waals surface area contributed by atoms with Gasteiger partial charge in [-0.1, -0.05) is 16.3 Å². The van der Waals surface area contributed by atoms with Gasteiger partial charge >= 0.3 is 5.97 Å². The summed E-state index contributed by atoms with van der Waals surface area (Å²) in [6.07, 6.45) is 1.02. The summed E-state index contributed by atoms with van der Waals surface area (Å²) >= 11 is 0. The molecule has 0 amide bonds. The topological polar surface area (TPSA) is 63.3 Å². The largest absolute Gasteiger partial charge is 0.481 e. The summed E-state index contributed by atoms with van der Waals surface area (Å²) < 4.78 is 0. The molecule has 0 bridgehead atoms. The second-order valence-electron chi connectivity index (χ2n) is 1.14. The van der Waals surface area contributed by atoms with Crippen molar-refractivity contribution in [2.24, 2.45) is 5.50 Å². The second-order valence-corrected chi connectivity index (χ2v) is 1.14. The van der Waals surface area contributed by atoms with E-state index in [9.17, 15) is 4.79 Å². The summed E-state index contributed by atoms with van der Waals surface area (Å²) in [5.74, 6) is -0.711. The van der Waals surface area contributed by atoms with Crippen molar-refractivity contribution in [3.63, 3.8) is 0 Å². The third-order valence-electron chi connectivity index (χ3n) is 0.464. The predicted octanol–water partition coefficient (Wildman–Crippen LogP) is 0.606. The van der Waals surface area contributed by atoms with Gasteiger partial charge in [-0.15, -0.1) is 0 Å². The fourth-order valence-corrected chi connectivity index (χ4v) is 0.214. The van der Waals surface area contributed by atoms with Crippen LogP contribution in [0.5, 0.6) is 0 Å². The monoisotopic (exact) mass is 137 g/mol. The van der Waals surface area contributed by atoms with Crippen molar-refractivity contribution in [2.75, 3.05) is 0 Å². The minimum absolute atomic E-state index is 0.292. The first-order valence-corrected chi connectivity index (χ1v) is 2.99. The van der Waals surface area contributed by atoms with Crippen LogP contribution in [-0.2, 0) is 4.79 Å². The van der Waals surface area contributed by atoms with Crippen LogP contribution in [0.2, 0.25) is 0 Å². The van der Waals surface area contributed by atoms with Crippen molar-refractivity contribution >= 4 is 15.4 Å². The van der Waals surface area contributed by atoms with Gasteiger partial charge in [0.15, 0.2) is 0 Å². The summed E-state index contributed by atoms with van der Waals surface area (Å²) in [6.45, 7) is 1.84. The lowest BCUT2D eigenvalue weighted by Crippen LogP contribution is -1.90. The molecular weight excluding hydrogens is 125 g/mol. The van der Waals surface area contributed by atoms with E-state index in [1.54, 1.807) is 0 Å². The highest BCUT2D eigenvalue weighted by Gasteiger charge is 1.87. The average molecular weight is 137 g/mol. The molecule has 0 radical (unpaired) electrons. The summed E-state index contributed by atoms with van der Waals surface area (Å²) in [4.78, 5) is 9.60. The quantitative estimate of drug-likeness (QED) is 0.548. The molecule has 0 rings (SSSR count). The number of carboxylic acid groups (broad SMARTS) is 1. The number of aliphatic carboxylic acids is 1. The molecule has 0 aromatic carbocycles. The van der Waals surface area contributed by atoms with Gasteiger partial charge in [0.2, 0.25) is 0 Å². The molecular formula is C4H12NO2P. The summed E-state index contributed by atoms with van der Waals surface area (Å²) in [5.41, 5.74) is 4.42. The highest BCUT2D eigenvalue weighted by molar-refractivity contribution is 7.13. The van der Waals surface area contributed by atoms with Crippen molar-refractivity contribution in [3.05, 3.63) is 0 Å². The molecule has 0 aromatic rings. The molecule has 0 saturated heterocycles. The molecule has 0 aliphatic carbocycles. The normalized spacial score (nSPS) is 6.88. The molecule has 0 aliphatic rings. The van der Waals surface area contributed by atoms with Crippen LogP contribution in [0.1, 0.15) is 19.8 Å². The average Bonchev–Trinajstić information content (AvgIpc) is 1.72. The number of hydrogen-bond donors (Lipinski definition) is 2. The van der Waals surface area contributed by atoms with E-state index < -0.39 is 5.97 Å². The third kappa shape index (κ3) is 16.9. The van der Waals surface area contributed by atoms with Gasteiger partial charge in [-0.25, -0.2) is 0 Å². The summed E-state index contributed by atoms with van der Waals surface area (Å²) in [7, 11) is 1.92. The van der Waals surface area contributed by atoms with E-state index in [-0.39, 0.29) is 0 Å². The lowest BCUT2D eigenvalue weighted by molar-refractivity contribution is -0.137. The lowest BCUT2D eigenvalue weighted by Gasteiger charge is -1.79. The molecule has 1 atom stereocenters. The zero-order valence-corrected chi connectivity index (χ0v) is 6.08. The SMILES string of the molecule is CCCC(=O)O.NP. The maximum Gasteiger partial charge on any atom is 0.303 e. The van der Waals surface area contributed by atoms with E-state index in [1.165, 1.54) is 0 Å². The van der Waals surface area contributed by atoms with Crippen molar-refractivity contribution in [1.29, 1.82) is 0 Å². The van der Waals surface area contributed by atoms with E-state index in [0.717, 1.165) is 6.42 Å². The number of nitrogens with two attached hydrogens (primary N) is 1. The Bertz CT molecular complexity index is 58.0. The minimum atomic E-state index is -0.711. The fourth-order valence-electron chi connectivity index (χ4n) is 0.214. The van der Waals surface area contributed by atoms with Crippen molar-refractivity contribution in [1.82, 2.24) is 0 Å². The highest BCUT2D eigenvalue weighted by atomic mass is 31.0. The standard InChI is InChI=1S/C4H8O2.H4NP/c1-2-3-4(5)6;1-2/h2-3H2,1H3,(H,5,6);1-2H2.